The van der Waals surface area contributed by atoms with Gasteiger partial charge in [-0.05, 0) is 72.5 Å². The Morgan fingerprint density at radius 2 is 1.29 bits per heavy atom. The highest BCUT2D eigenvalue weighted by atomic mass is 15.2. The molecule has 3 heterocycles. The van der Waals surface area contributed by atoms with Crippen molar-refractivity contribution in [3.05, 3.63) is 133 Å². The van der Waals surface area contributed by atoms with Gasteiger partial charge < -0.3 is 4.57 Å². The number of fused-ring (bicyclic) bond motifs is 7. The maximum Gasteiger partial charge on any atom is 0.235 e. The molecule has 7 aromatic rings. The lowest BCUT2D eigenvalue weighted by molar-refractivity contribution is 0.898. The molecular formula is C34H22N4. The number of hydrogen-bond acceptors (Lipinski definition) is 2. The standard InChI is InChI=1S/C34H22N4/c1-3-11-23(12-4-1)29-21-22-35-34(36-29)38-31-18-10-8-16-26(31)28-20-19-27-25-15-7-9-17-30(25)37(32(27)33(28)38)24-13-5-2-6-14-24/h2-3,5-18,21-22H,19-20H2. The van der Waals surface area contributed by atoms with Gasteiger partial charge >= 0.3 is 0 Å². The zero-order valence-electron chi connectivity index (χ0n) is 20.6. The Balaban J connectivity index is 1.49. The summed E-state index contributed by atoms with van der Waals surface area (Å²) in [5.41, 5.74) is 10.5. The average molecular weight is 487 g/mol. The molecule has 8 rings (SSSR count). The Kier molecular flexibility index (Phi) is 4.53. The molecule has 3 aromatic heterocycles. The first-order valence-electron chi connectivity index (χ1n) is 12.9. The van der Waals surface area contributed by atoms with Gasteiger partial charge in [-0.25, -0.2) is 9.97 Å². The van der Waals surface area contributed by atoms with Crippen LogP contribution in [0.25, 0.3) is 56.1 Å². The van der Waals surface area contributed by atoms with Crippen LogP contribution in [-0.2, 0) is 12.8 Å². The summed E-state index contributed by atoms with van der Waals surface area (Å²) in [7, 11) is 0. The minimum absolute atomic E-state index is 0.672. The molecule has 4 heteroatoms. The molecule has 0 radical (unpaired) electrons. The van der Waals surface area contributed by atoms with Crippen LogP contribution in [0, 0.1) is 12.1 Å². The highest BCUT2D eigenvalue weighted by Gasteiger charge is 2.31. The van der Waals surface area contributed by atoms with Crippen molar-refractivity contribution in [1.29, 1.82) is 0 Å². The topological polar surface area (TPSA) is 35.6 Å². The lowest BCUT2D eigenvalue weighted by Gasteiger charge is -2.20. The van der Waals surface area contributed by atoms with Gasteiger partial charge in [-0.15, -0.1) is 0 Å². The van der Waals surface area contributed by atoms with Gasteiger partial charge in [0.25, 0.3) is 0 Å². The Morgan fingerprint density at radius 3 is 2.00 bits per heavy atom. The number of aryl methyl sites for hydroxylation is 2. The number of benzene rings is 3. The molecule has 0 saturated heterocycles. The highest BCUT2D eigenvalue weighted by Crippen LogP contribution is 2.46. The van der Waals surface area contributed by atoms with E-state index >= 15 is 0 Å². The summed E-state index contributed by atoms with van der Waals surface area (Å²) < 4.78 is 4.69. The number of aromatic nitrogens is 4. The molecule has 0 unspecified atom stereocenters. The SMILES string of the molecule is c1ccc(-c2ccnc(-n3c4c(c5ccccc53)CCc3c-4n(-c4ccccc4)c4ccccc34)n2)cc#1. The van der Waals surface area contributed by atoms with Crippen LogP contribution in [0.3, 0.4) is 0 Å². The summed E-state index contributed by atoms with van der Waals surface area (Å²) >= 11 is 0. The maximum atomic E-state index is 5.08. The molecule has 0 aliphatic heterocycles. The molecule has 1 aliphatic carbocycles. The minimum Gasteiger partial charge on any atom is -0.307 e. The van der Waals surface area contributed by atoms with E-state index in [1.165, 1.54) is 38.8 Å². The van der Waals surface area contributed by atoms with Gasteiger partial charge in [0, 0.05) is 28.2 Å². The van der Waals surface area contributed by atoms with Gasteiger partial charge in [-0.1, -0.05) is 66.7 Å². The fourth-order valence-electron chi connectivity index (χ4n) is 6.04. The van der Waals surface area contributed by atoms with Crippen LogP contribution in [0.4, 0.5) is 0 Å². The van der Waals surface area contributed by atoms with E-state index in [1.807, 2.05) is 30.5 Å². The van der Waals surface area contributed by atoms with Crippen LogP contribution < -0.4 is 0 Å². The van der Waals surface area contributed by atoms with E-state index in [9.17, 15) is 0 Å². The normalized spacial score (nSPS) is 12.3. The first kappa shape index (κ1) is 21.0. The molecule has 0 amide bonds. The van der Waals surface area contributed by atoms with Crippen LogP contribution in [0.2, 0.25) is 0 Å². The van der Waals surface area contributed by atoms with Crippen molar-refractivity contribution in [2.24, 2.45) is 0 Å². The molecule has 178 valence electrons. The van der Waals surface area contributed by atoms with E-state index in [0.29, 0.717) is 5.95 Å². The molecule has 0 atom stereocenters. The van der Waals surface area contributed by atoms with Gasteiger partial charge in [0.2, 0.25) is 5.95 Å². The second-order valence-electron chi connectivity index (χ2n) is 9.66. The Hall–Kier alpha value is -5.14. The first-order valence-corrected chi connectivity index (χ1v) is 12.9. The summed E-state index contributed by atoms with van der Waals surface area (Å²) in [5.74, 6) is 0.672. The fourth-order valence-corrected chi connectivity index (χ4v) is 6.04. The molecule has 0 saturated carbocycles. The van der Waals surface area contributed by atoms with Crippen LogP contribution in [0.5, 0.6) is 0 Å². The third-order valence-corrected chi connectivity index (χ3v) is 7.62. The van der Waals surface area contributed by atoms with Crippen LogP contribution >= 0.6 is 0 Å². The molecule has 4 nitrogen and oxygen atoms in total. The quantitative estimate of drug-likeness (QED) is 0.261. The fraction of sp³-hybridized carbons (Fsp3) is 0.0588. The zero-order chi connectivity index (χ0) is 25.1. The molecular weight excluding hydrogens is 464 g/mol. The van der Waals surface area contributed by atoms with Gasteiger partial charge in [0.15, 0.2) is 0 Å². The Bertz CT molecular complexity index is 1960. The van der Waals surface area contributed by atoms with Gasteiger partial charge in [0.1, 0.15) is 0 Å². The molecule has 1 aliphatic rings. The van der Waals surface area contributed by atoms with Crippen molar-refractivity contribution in [3.8, 4) is 34.3 Å². The minimum atomic E-state index is 0.672. The van der Waals surface area contributed by atoms with Gasteiger partial charge in [-0.2, -0.15) is 0 Å². The van der Waals surface area contributed by atoms with E-state index in [4.69, 9.17) is 9.97 Å². The summed E-state index contributed by atoms with van der Waals surface area (Å²) in [5, 5.41) is 2.56. The number of rotatable bonds is 3. The summed E-state index contributed by atoms with van der Waals surface area (Å²) in [6, 6.07) is 41.9. The lowest BCUT2D eigenvalue weighted by Crippen LogP contribution is -2.11. The average Bonchev–Trinajstić information content (AvgIpc) is 3.51. The molecule has 0 fully saturated rings. The second-order valence-corrected chi connectivity index (χ2v) is 9.66. The van der Waals surface area contributed by atoms with E-state index < -0.39 is 0 Å². The maximum absolute atomic E-state index is 5.08. The third kappa shape index (κ3) is 2.99. The number of hydrogen-bond donors (Lipinski definition) is 0. The van der Waals surface area contributed by atoms with E-state index in [2.05, 4.69) is 100 Å². The lowest BCUT2D eigenvalue weighted by atomic mass is 9.92. The number of nitrogens with zero attached hydrogens (tertiary/aromatic N) is 4. The predicted octanol–water partition coefficient (Wildman–Crippen LogP) is 7.40. The first-order chi connectivity index (χ1) is 18.9. The second kappa shape index (κ2) is 8.19. The smallest absolute Gasteiger partial charge is 0.235 e. The highest BCUT2D eigenvalue weighted by molar-refractivity contribution is 6.00. The van der Waals surface area contributed by atoms with Crippen LogP contribution in [0.1, 0.15) is 11.1 Å². The molecule has 0 bridgehead atoms. The third-order valence-electron chi connectivity index (χ3n) is 7.62. The molecule has 0 N–H and O–H groups in total. The summed E-state index contributed by atoms with van der Waals surface area (Å²) in [4.78, 5) is 9.90. The van der Waals surface area contributed by atoms with E-state index in [1.54, 1.807) is 0 Å². The van der Waals surface area contributed by atoms with Crippen molar-refractivity contribution in [2.45, 2.75) is 12.8 Å². The van der Waals surface area contributed by atoms with Crippen molar-refractivity contribution < 1.29 is 0 Å². The van der Waals surface area contributed by atoms with Crippen molar-refractivity contribution in [3.63, 3.8) is 0 Å². The van der Waals surface area contributed by atoms with Gasteiger partial charge in [0.05, 0.1) is 28.1 Å². The van der Waals surface area contributed by atoms with E-state index in [-0.39, 0.29) is 0 Å². The monoisotopic (exact) mass is 486 g/mol. The Morgan fingerprint density at radius 1 is 0.632 bits per heavy atom. The zero-order valence-corrected chi connectivity index (χ0v) is 20.6. The van der Waals surface area contributed by atoms with Crippen molar-refractivity contribution in [2.75, 3.05) is 0 Å². The molecule has 4 aromatic carbocycles. The van der Waals surface area contributed by atoms with Gasteiger partial charge in [-0.3, -0.25) is 4.57 Å². The summed E-state index contributed by atoms with van der Waals surface area (Å²) in [6.45, 7) is 0. The molecule has 0 spiro atoms. The predicted molar refractivity (Wildman–Crippen MR) is 152 cm³/mol. The van der Waals surface area contributed by atoms with E-state index in [0.717, 1.165) is 35.3 Å². The molecule has 38 heavy (non-hydrogen) atoms. The Labute approximate surface area is 220 Å². The number of para-hydroxylation sites is 3. The summed E-state index contributed by atoms with van der Waals surface area (Å²) in [6.07, 6.45) is 3.82. The van der Waals surface area contributed by atoms with Crippen molar-refractivity contribution >= 4 is 21.8 Å². The van der Waals surface area contributed by atoms with Crippen molar-refractivity contribution in [1.82, 2.24) is 19.1 Å². The largest absolute Gasteiger partial charge is 0.307 e. The van der Waals surface area contributed by atoms with Crippen LogP contribution in [0.15, 0.2) is 109 Å². The van der Waals surface area contributed by atoms with Crippen LogP contribution in [-0.4, -0.2) is 19.1 Å².